The first-order valence-corrected chi connectivity index (χ1v) is 16.5. The molecule has 0 aliphatic heterocycles. The third kappa shape index (κ3) is 8.36. The van der Waals surface area contributed by atoms with Crippen LogP contribution in [0, 0.1) is 29.3 Å². The summed E-state index contributed by atoms with van der Waals surface area (Å²) in [6.07, 6.45) is -7.09. The molecule has 0 spiro atoms. The van der Waals surface area contributed by atoms with Crippen LogP contribution in [-0.4, -0.2) is 31.7 Å². The number of nitrogens with zero attached hydrogens (tertiary/aromatic N) is 3. The monoisotopic (exact) mass is 767 g/mol. The highest BCUT2D eigenvalue weighted by Crippen LogP contribution is 2.46. The van der Waals surface area contributed by atoms with Crippen LogP contribution in [-0.2, 0) is 41.9 Å². The van der Waals surface area contributed by atoms with Gasteiger partial charge in [-0.15, -0.1) is 0 Å². The summed E-state index contributed by atoms with van der Waals surface area (Å²) < 4.78 is 115. The molecule has 0 saturated carbocycles. The van der Waals surface area contributed by atoms with Crippen LogP contribution in [0.5, 0.6) is 0 Å². The number of rotatable bonds is 9. The van der Waals surface area contributed by atoms with E-state index < -0.39 is 101 Å². The van der Waals surface area contributed by atoms with E-state index in [0.717, 1.165) is 24.3 Å². The summed E-state index contributed by atoms with van der Waals surface area (Å²) in [5, 5.41) is 16.9. The van der Waals surface area contributed by atoms with Crippen LogP contribution < -0.4 is 11.1 Å². The molecule has 55 heavy (non-hydrogen) atoms. The second-order valence-electron chi connectivity index (χ2n) is 13.0. The van der Waals surface area contributed by atoms with Gasteiger partial charge in [-0.2, -0.15) is 27.1 Å². The number of benzene rings is 3. The molecule has 8 nitrogen and oxygen atoms in total. The number of hydrogen-bond acceptors (Lipinski definition) is 5. The number of halogens is 8. The van der Waals surface area contributed by atoms with Gasteiger partial charge >= 0.3 is 6.18 Å². The summed E-state index contributed by atoms with van der Waals surface area (Å²) >= 11 is 0. The fraction of sp³-hybridized carbons (Fsp3) is 0.231. The lowest BCUT2D eigenvalue weighted by Gasteiger charge is -2.23. The van der Waals surface area contributed by atoms with E-state index in [2.05, 4.69) is 27.2 Å². The normalized spacial score (nSPS) is 15.0. The number of nitrogens with one attached hydrogen (secondary N) is 1. The first kappa shape index (κ1) is 38.6. The van der Waals surface area contributed by atoms with Crippen molar-refractivity contribution in [2.24, 2.45) is 5.73 Å². The van der Waals surface area contributed by atoms with Crippen molar-refractivity contribution < 1.29 is 49.8 Å². The molecule has 0 bridgehead atoms. The lowest BCUT2D eigenvalue weighted by molar-refractivity contribution is -0.142. The van der Waals surface area contributed by atoms with E-state index in [0.29, 0.717) is 11.6 Å². The third-order valence-corrected chi connectivity index (χ3v) is 8.91. The Morgan fingerprint density at radius 1 is 1.00 bits per heavy atom. The molecular weight excluding hydrogens is 738 g/mol. The molecule has 1 aliphatic rings. The molecule has 0 fully saturated rings. The number of primary amides is 1. The molecule has 2 unspecified atom stereocenters. The van der Waals surface area contributed by atoms with Gasteiger partial charge in [0.2, 0.25) is 5.91 Å². The number of alkyl halides is 5. The van der Waals surface area contributed by atoms with Crippen molar-refractivity contribution in [3.05, 3.63) is 141 Å². The number of carbonyl (C=O) groups is 2. The molecule has 0 saturated heterocycles. The Balaban J connectivity index is 1.48. The highest BCUT2D eigenvalue weighted by molar-refractivity contribution is 5.94. The van der Waals surface area contributed by atoms with Crippen LogP contribution in [0.3, 0.4) is 0 Å². The number of fused-ring (bicyclic) bond motifs is 1. The van der Waals surface area contributed by atoms with E-state index in [1.54, 1.807) is 30.3 Å². The van der Waals surface area contributed by atoms with Gasteiger partial charge in [-0.05, 0) is 78.8 Å². The lowest BCUT2D eigenvalue weighted by atomic mass is 9.93. The molecule has 16 heteroatoms. The largest absolute Gasteiger partial charge is 0.435 e. The molecule has 5 aromatic rings. The fourth-order valence-corrected chi connectivity index (χ4v) is 6.40. The van der Waals surface area contributed by atoms with E-state index >= 15 is 0 Å². The molecule has 6 rings (SSSR count). The maximum atomic E-state index is 14.9. The molecule has 2 heterocycles. The third-order valence-electron chi connectivity index (χ3n) is 8.91. The molecule has 2 amide bonds. The zero-order valence-corrected chi connectivity index (χ0v) is 28.6. The average molecular weight is 768 g/mol. The van der Waals surface area contributed by atoms with Gasteiger partial charge in [0, 0.05) is 23.6 Å². The number of hydrogen-bond donors (Lipinski definition) is 3. The van der Waals surface area contributed by atoms with Crippen LogP contribution in [0.25, 0.3) is 11.1 Å². The van der Waals surface area contributed by atoms with E-state index in [9.17, 15) is 49.8 Å². The molecule has 0 radical (unpaired) electrons. The topological polar surface area (TPSA) is 123 Å². The summed E-state index contributed by atoms with van der Waals surface area (Å²) in [4.78, 5) is 30.3. The van der Waals surface area contributed by atoms with E-state index in [1.807, 2.05) is 0 Å². The highest BCUT2D eigenvalue weighted by atomic mass is 19.4. The summed E-state index contributed by atoms with van der Waals surface area (Å²) in [6.45, 7) is 0.301. The number of carbonyl (C=O) groups excluding carboxylic acids is 2. The SMILES string of the molecule is CC(O)(C#Cc1ccc(-c2ccc(F)c(C(N)=O)c2)c(C(Cc2cc(F)cc(F)c2)NC(=O)Cn2nc(C(F)(F)F)c3c2C(F)(F)CC3)n1)c1ccccc1. The van der Waals surface area contributed by atoms with Crippen molar-refractivity contribution in [3.63, 3.8) is 0 Å². The molecular formula is C39H29F8N5O3. The van der Waals surface area contributed by atoms with Gasteiger partial charge in [0.1, 0.15) is 41.0 Å². The zero-order valence-electron chi connectivity index (χ0n) is 28.6. The number of aliphatic hydroxyl groups is 1. The number of pyridine rings is 1. The Morgan fingerprint density at radius 3 is 2.35 bits per heavy atom. The van der Waals surface area contributed by atoms with Gasteiger partial charge in [0.05, 0.1) is 17.3 Å². The van der Waals surface area contributed by atoms with Gasteiger partial charge in [0.15, 0.2) is 5.69 Å². The van der Waals surface area contributed by atoms with E-state index in [1.165, 1.54) is 25.1 Å². The second-order valence-corrected chi connectivity index (χ2v) is 13.0. The predicted octanol–water partition coefficient (Wildman–Crippen LogP) is 6.88. The van der Waals surface area contributed by atoms with Gasteiger partial charge in [-0.25, -0.2) is 18.2 Å². The minimum atomic E-state index is -5.10. The Labute approximate surface area is 308 Å². The predicted molar refractivity (Wildman–Crippen MR) is 181 cm³/mol. The van der Waals surface area contributed by atoms with Crippen molar-refractivity contribution >= 4 is 11.8 Å². The summed E-state index contributed by atoms with van der Waals surface area (Å²) in [5.41, 5.74) is 0.303. The van der Waals surface area contributed by atoms with Crippen molar-refractivity contribution in [3.8, 4) is 23.0 Å². The number of nitrogens with two attached hydrogens (primary N) is 1. The molecule has 2 atom stereocenters. The Bertz CT molecular complexity index is 2340. The summed E-state index contributed by atoms with van der Waals surface area (Å²) in [5.74, 6) is -3.49. The van der Waals surface area contributed by atoms with Crippen LogP contribution in [0.15, 0.2) is 78.9 Å². The molecule has 3 aromatic carbocycles. The quantitative estimate of drug-likeness (QED) is 0.112. The molecule has 284 valence electrons. The van der Waals surface area contributed by atoms with Gasteiger partial charge in [-0.3, -0.25) is 14.3 Å². The highest BCUT2D eigenvalue weighted by Gasteiger charge is 2.50. The van der Waals surface area contributed by atoms with Crippen molar-refractivity contribution in [1.29, 1.82) is 0 Å². The molecule has 4 N–H and O–H groups in total. The smallest absolute Gasteiger partial charge is 0.374 e. The van der Waals surface area contributed by atoms with Crippen LogP contribution in [0.2, 0.25) is 0 Å². The minimum absolute atomic E-state index is 0.0174. The summed E-state index contributed by atoms with van der Waals surface area (Å²) in [7, 11) is 0. The van der Waals surface area contributed by atoms with Gasteiger partial charge < -0.3 is 16.2 Å². The van der Waals surface area contributed by atoms with Crippen molar-refractivity contribution in [1.82, 2.24) is 20.1 Å². The molecule has 1 aliphatic carbocycles. The van der Waals surface area contributed by atoms with Crippen LogP contribution >= 0.6 is 0 Å². The van der Waals surface area contributed by atoms with Crippen LogP contribution in [0.4, 0.5) is 35.1 Å². The Kier molecular flexibility index (Phi) is 10.3. The summed E-state index contributed by atoms with van der Waals surface area (Å²) in [6, 6.07) is 15.5. The Hall–Kier alpha value is -6.08. The van der Waals surface area contributed by atoms with E-state index in [4.69, 9.17) is 5.73 Å². The first-order valence-electron chi connectivity index (χ1n) is 16.5. The average Bonchev–Trinajstić information content (AvgIpc) is 3.64. The minimum Gasteiger partial charge on any atom is -0.374 e. The Morgan fingerprint density at radius 2 is 1.69 bits per heavy atom. The lowest BCUT2D eigenvalue weighted by Crippen LogP contribution is -2.35. The maximum absolute atomic E-state index is 14.9. The first-order chi connectivity index (χ1) is 25.8. The van der Waals surface area contributed by atoms with Crippen molar-refractivity contribution in [2.45, 2.75) is 56.5 Å². The standard InChI is InChI=1S/C39H29F8N5O3/c1-37(55,23-5-3-2-4-6-23)13-11-26-8-9-27(22-7-10-30(42)29(18-22)36(48)54)33(49-26)31(17-21-15-24(40)19-25(41)16-21)50-32(53)20-52-35-28(12-14-38(35,43)44)34(51-52)39(45,46)47/h2-10,15-16,18-19,31,55H,12,14,17,20H2,1H3,(H2,48,54)(H,50,53). The second kappa shape index (κ2) is 14.6. The number of aromatic nitrogens is 3. The van der Waals surface area contributed by atoms with E-state index in [-0.39, 0.29) is 32.8 Å². The van der Waals surface area contributed by atoms with Gasteiger partial charge in [-0.1, -0.05) is 42.3 Å². The molecule has 2 aromatic heterocycles. The zero-order chi connectivity index (χ0) is 39.9. The van der Waals surface area contributed by atoms with Crippen LogP contribution in [0.1, 0.15) is 69.2 Å². The van der Waals surface area contributed by atoms with Gasteiger partial charge in [0.25, 0.3) is 11.8 Å². The number of amides is 2. The maximum Gasteiger partial charge on any atom is 0.435 e. The fourth-order valence-electron chi connectivity index (χ4n) is 6.40. The van der Waals surface area contributed by atoms with Crippen molar-refractivity contribution in [2.75, 3.05) is 0 Å².